The van der Waals surface area contributed by atoms with Crippen molar-refractivity contribution in [3.8, 4) is 5.75 Å². The minimum Gasteiger partial charge on any atom is -0.508 e. The molecule has 0 fully saturated rings. The van der Waals surface area contributed by atoms with Crippen molar-refractivity contribution in [2.24, 2.45) is 5.41 Å². The lowest BCUT2D eigenvalue weighted by Crippen LogP contribution is -2.43. The Kier molecular flexibility index (Phi) is 5.42. The van der Waals surface area contributed by atoms with Crippen LogP contribution in [0.3, 0.4) is 0 Å². The number of hydrogen-bond acceptors (Lipinski definition) is 2. The van der Waals surface area contributed by atoms with Crippen molar-refractivity contribution in [2.75, 3.05) is 6.54 Å². The third-order valence-corrected chi connectivity index (χ3v) is 3.44. The molecular weight excluding hydrogens is 234 g/mol. The summed E-state index contributed by atoms with van der Waals surface area (Å²) in [6.45, 7) is 12.2. The number of benzene rings is 1. The Bertz CT molecular complexity index is 394. The molecule has 1 atom stereocenters. The van der Waals surface area contributed by atoms with Crippen molar-refractivity contribution < 1.29 is 5.11 Å². The van der Waals surface area contributed by atoms with Gasteiger partial charge in [-0.2, -0.15) is 0 Å². The molecule has 0 aliphatic carbocycles. The third-order valence-electron chi connectivity index (χ3n) is 3.44. The molecule has 0 bridgehead atoms. The maximum Gasteiger partial charge on any atom is 0.115 e. The summed E-state index contributed by atoms with van der Waals surface area (Å²) in [5.74, 6) is 0.361. The summed E-state index contributed by atoms with van der Waals surface area (Å²) in [5, 5.41) is 13.2. The Morgan fingerprint density at radius 1 is 1.16 bits per heavy atom. The minimum atomic E-state index is 0.147. The molecule has 0 saturated heterocycles. The lowest BCUT2D eigenvalue weighted by molar-refractivity contribution is 0.243. The fraction of sp³-hybridized carbons (Fsp3) is 0.647. The smallest absolute Gasteiger partial charge is 0.115 e. The second-order valence-corrected chi connectivity index (χ2v) is 7.01. The summed E-state index contributed by atoms with van der Waals surface area (Å²) in [7, 11) is 0. The van der Waals surface area contributed by atoms with Crippen molar-refractivity contribution in [3.63, 3.8) is 0 Å². The fourth-order valence-corrected chi connectivity index (χ4v) is 2.48. The Hall–Kier alpha value is -1.02. The average molecular weight is 263 g/mol. The van der Waals surface area contributed by atoms with Gasteiger partial charge in [-0.1, -0.05) is 32.4 Å². The van der Waals surface area contributed by atoms with E-state index >= 15 is 0 Å². The molecule has 1 unspecified atom stereocenters. The summed E-state index contributed by atoms with van der Waals surface area (Å²) in [4.78, 5) is 0. The lowest BCUT2D eigenvalue weighted by atomic mass is 9.79. The highest BCUT2D eigenvalue weighted by atomic mass is 16.3. The normalized spacial score (nSPS) is 15.2. The van der Waals surface area contributed by atoms with Gasteiger partial charge in [0.25, 0.3) is 0 Å². The molecule has 0 radical (unpaired) electrons. The van der Waals surface area contributed by atoms with Crippen LogP contribution in [0.2, 0.25) is 0 Å². The molecule has 2 nitrogen and oxygen atoms in total. The summed E-state index contributed by atoms with van der Waals surface area (Å²) in [5.41, 5.74) is 1.59. The lowest BCUT2D eigenvalue weighted by Gasteiger charge is -2.34. The molecule has 0 spiro atoms. The van der Waals surface area contributed by atoms with E-state index in [1.54, 1.807) is 6.07 Å². The highest BCUT2D eigenvalue weighted by Gasteiger charge is 2.25. The highest BCUT2D eigenvalue weighted by Crippen LogP contribution is 2.29. The van der Waals surface area contributed by atoms with E-state index in [-0.39, 0.29) is 11.0 Å². The first-order valence-electron chi connectivity index (χ1n) is 7.27. The van der Waals surface area contributed by atoms with E-state index in [2.05, 4.69) is 46.0 Å². The molecule has 0 saturated carbocycles. The van der Waals surface area contributed by atoms with Gasteiger partial charge in [0.2, 0.25) is 0 Å². The number of phenols is 1. The van der Waals surface area contributed by atoms with Crippen LogP contribution in [0.4, 0.5) is 0 Å². The van der Waals surface area contributed by atoms with E-state index < -0.39 is 0 Å². The standard InChI is InChI=1S/C17H29NO/c1-6-10-17(5,13-18-16(2,3)4)12-14-8-7-9-15(19)11-14/h7-9,11,18-19H,6,10,12-13H2,1-5H3. The molecule has 0 aliphatic rings. The molecule has 2 heteroatoms. The third kappa shape index (κ3) is 6.11. The summed E-state index contributed by atoms with van der Waals surface area (Å²) in [6.07, 6.45) is 3.37. The summed E-state index contributed by atoms with van der Waals surface area (Å²) < 4.78 is 0. The number of aromatic hydroxyl groups is 1. The topological polar surface area (TPSA) is 32.3 Å². The Morgan fingerprint density at radius 3 is 2.37 bits per heavy atom. The predicted molar refractivity (Wildman–Crippen MR) is 82.6 cm³/mol. The molecule has 2 N–H and O–H groups in total. The first-order chi connectivity index (χ1) is 8.74. The number of hydrogen-bond donors (Lipinski definition) is 2. The fourth-order valence-electron chi connectivity index (χ4n) is 2.48. The van der Waals surface area contributed by atoms with Gasteiger partial charge in [-0.05, 0) is 56.7 Å². The van der Waals surface area contributed by atoms with Crippen LogP contribution in [0.1, 0.15) is 53.0 Å². The average Bonchev–Trinajstić information content (AvgIpc) is 2.26. The zero-order chi connectivity index (χ0) is 14.5. The van der Waals surface area contributed by atoms with E-state index in [0.717, 1.165) is 13.0 Å². The molecule has 108 valence electrons. The van der Waals surface area contributed by atoms with Gasteiger partial charge in [-0.3, -0.25) is 0 Å². The molecule has 0 aromatic heterocycles. The zero-order valence-corrected chi connectivity index (χ0v) is 13.1. The van der Waals surface area contributed by atoms with Gasteiger partial charge < -0.3 is 10.4 Å². The number of nitrogens with one attached hydrogen (secondary N) is 1. The highest BCUT2D eigenvalue weighted by molar-refractivity contribution is 5.27. The van der Waals surface area contributed by atoms with Crippen molar-refractivity contribution in [1.82, 2.24) is 5.32 Å². The molecule has 0 heterocycles. The molecule has 0 aliphatic heterocycles. The minimum absolute atomic E-state index is 0.147. The van der Waals surface area contributed by atoms with Crippen LogP contribution < -0.4 is 5.32 Å². The first-order valence-corrected chi connectivity index (χ1v) is 7.27. The second kappa shape index (κ2) is 6.42. The van der Waals surface area contributed by atoms with Gasteiger partial charge in [0.15, 0.2) is 0 Å². The van der Waals surface area contributed by atoms with Crippen LogP contribution in [-0.2, 0) is 6.42 Å². The molecule has 1 rings (SSSR count). The van der Waals surface area contributed by atoms with Crippen LogP contribution in [0.25, 0.3) is 0 Å². The quantitative estimate of drug-likeness (QED) is 0.809. The summed E-state index contributed by atoms with van der Waals surface area (Å²) in [6, 6.07) is 7.64. The molecule has 19 heavy (non-hydrogen) atoms. The second-order valence-electron chi connectivity index (χ2n) is 7.01. The van der Waals surface area contributed by atoms with Crippen molar-refractivity contribution >= 4 is 0 Å². The van der Waals surface area contributed by atoms with Crippen molar-refractivity contribution in [2.45, 2.75) is 59.4 Å². The maximum atomic E-state index is 9.58. The molecular formula is C17H29NO. The Labute approximate surface area is 118 Å². The van der Waals surface area contributed by atoms with Gasteiger partial charge in [0, 0.05) is 12.1 Å². The van der Waals surface area contributed by atoms with Gasteiger partial charge in [0.1, 0.15) is 5.75 Å². The van der Waals surface area contributed by atoms with Gasteiger partial charge in [-0.15, -0.1) is 0 Å². The summed E-state index contributed by atoms with van der Waals surface area (Å²) >= 11 is 0. The van der Waals surface area contributed by atoms with E-state index in [0.29, 0.717) is 5.75 Å². The van der Waals surface area contributed by atoms with E-state index in [4.69, 9.17) is 0 Å². The van der Waals surface area contributed by atoms with Crippen molar-refractivity contribution in [1.29, 1.82) is 0 Å². The maximum absolute atomic E-state index is 9.58. The monoisotopic (exact) mass is 263 g/mol. The van der Waals surface area contributed by atoms with Gasteiger partial charge >= 0.3 is 0 Å². The number of rotatable bonds is 6. The SMILES string of the molecule is CCCC(C)(CNC(C)(C)C)Cc1cccc(O)c1. The Morgan fingerprint density at radius 2 is 1.84 bits per heavy atom. The van der Waals surface area contributed by atoms with E-state index in [9.17, 15) is 5.11 Å². The van der Waals surface area contributed by atoms with Crippen LogP contribution in [-0.4, -0.2) is 17.2 Å². The predicted octanol–water partition coefficient (Wildman–Crippen LogP) is 4.13. The number of phenolic OH excluding ortho intramolecular Hbond substituents is 1. The van der Waals surface area contributed by atoms with Crippen LogP contribution in [0, 0.1) is 5.41 Å². The molecule has 1 aromatic rings. The van der Waals surface area contributed by atoms with E-state index in [1.165, 1.54) is 18.4 Å². The van der Waals surface area contributed by atoms with Gasteiger partial charge in [0.05, 0.1) is 0 Å². The van der Waals surface area contributed by atoms with Crippen LogP contribution in [0.5, 0.6) is 5.75 Å². The van der Waals surface area contributed by atoms with E-state index in [1.807, 2.05) is 12.1 Å². The molecule has 0 amide bonds. The van der Waals surface area contributed by atoms with Gasteiger partial charge in [-0.25, -0.2) is 0 Å². The molecule has 1 aromatic carbocycles. The largest absolute Gasteiger partial charge is 0.508 e. The van der Waals surface area contributed by atoms with Crippen LogP contribution >= 0.6 is 0 Å². The van der Waals surface area contributed by atoms with Crippen LogP contribution in [0.15, 0.2) is 24.3 Å². The van der Waals surface area contributed by atoms with Crippen molar-refractivity contribution in [3.05, 3.63) is 29.8 Å². The first kappa shape index (κ1) is 16.0. The Balaban J connectivity index is 2.75. The zero-order valence-electron chi connectivity index (χ0n) is 13.1.